The molecule has 0 unspecified atom stereocenters. The molecule has 4 nitrogen and oxygen atoms in total. The molecule has 0 spiro atoms. The highest BCUT2D eigenvalue weighted by Crippen LogP contribution is 2.32. The van der Waals surface area contributed by atoms with Crippen LogP contribution in [0, 0.1) is 0 Å². The lowest BCUT2D eigenvalue weighted by atomic mass is 9.83. The fourth-order valence-electron chi connectivity index (χ4n) is 2.68. The molecule has 1 aromatic heterocycles. The van der Waals surface area contributed by atoms with Crippen LogP contribution in [0.2, 0.25) is 0 Å². The number of ether oxygens (including phenoxy) is 1. The Morgan fingerprint density at radius 2 is 1.65 bits per heavy atom. The molecule has 0 bridgehead atoms. The number of hydrogen-bond donors (Lipinski definition) is 0. The van der Waals surface area contributed by atoms with E-state index in [2.05, 4.69) is 49.3 Å². The summed E-state index contributed by atoms with van der Waals surface area (Å²) in [7, 11) is 1.66. The number of nitrogens with zero attached hydrogens (tertiary/aromatic N) is 3. The SMILES string of the molecule is COc1ccccc1-n1cc(-c2ccccc2C(C)(C)C)nn1. The van der Waals surface area contributed by atoms with Gasteiger partial charge in [0.05, 0.1) is 13.3 Å². The first-order chi connectivity index (χ1) is 11.0. The molecule has 2 aromatic carbocycles. The lowest BCUT2D eigenvalue weighted by Gasteiger charge is -2.21. The van der Waals surface area contributed by atoms with Gasteiger partial charge in [-0.25, -0.2) is 4.68 Å². The summed E-state index contributed by atoms with van der Waals surface area (Å²) in [5.74, 6) is 0.771. The zero-order valence-corrected chi connectivity index (χ0v) is 13.9. The zero-order chi connectivity index (χ0) is 16.4. The molecule has 4 heteroatoms. The van der Waals surface area contributed by atoms with Gasteiger partial charge in [0.2, 0.25) is 0 Å². The number of aromatic nitrogens is 3. The van der Waals surface area contributed by atoms with Crippen molar-refractivity contribution in [3.63, 3.8) is 0 Å². The molecule has 0 aliphatic carbocycles. The van der Waals surface area contributed by atoms with E-state index >= 15 is 0 Å². The van der Waals surface area contributed by atoms with Crippen LogP contribution in [0.5, 0.6) is 5.75 Å². The molecule has 0 atom stereocenters. The van der Waals surface area contributed by atoms with E-state index in [1.165, 1.54) is 5.56 Å². The first-order valence-corrected chi connectivity index (χ1v) is 7.66. The predicted octanol–water partition coefficient (Wildman–Crippen LogP) is 4.24. The van der Waals surface area contributed by atoms with Crippen LogP contribution in [0.25, 0.3) is 16.9 Å². The van der Waals surface area contributed by atoms with Crippen molar-refractivity contribution in [2.75, 3.05) is 7.11 Å². The van der Waals surface area contributed by atoms with Crippen molar-refractivity contribution in [3.8, 4) is 22.7 Å². The van der Waals surface area contributed by atoms with E-state index in [1.54, 1.807) is 11.8 Å². The molecule has 0 saturated carbocycles. The Hall–Kier alpha value is -2.62. The summed E-state index contributed by atoms with van der Waals surface area (Å²) < 4.78 is 7.16. The van der Waals surface area contributed by atoms with E-state index in [4.69, 9.17) is 4.74 Å². The fraction of sp³-hybridized carbons (Fsp3) is 0.263. The first-order valence-electron chi connectivity index (χ1n) is 7.66. The summed E-state index contributed by atoms with van der Waals surface area (Å²) >= 11 is 0. The summed E-state index contributed by atoms with van der Waals surface area (Å²) in [5, 5.41) is 8.65. The molecule has 3 aromatic rings. The van der Waals surface area contributed by atoms with Gasteiger partial charge in [0.15, 0.2) is 0 Å². The van der Waals surface area contributed by atoms with Crippen LogP contribution in [0.15, 0.2) is 54.7 Å². The van der Waals surface area contributed by atoms with Crippen molar-refractivity contribution >= 4 is 0 Å². The van der Waals surface area contributed by atoms with Gasteiger partial charge < -0.3 is 4.74 Å². The molecule has 23 heavy (non-hydrogen) atoms. The zero-order valence-electron chi connectivity index (χ0n) is 13.9. The van der Waals surface area contributed by atoms with Gasteiger partial charge in [-0.2, -0.15) is 0 Å². The van der Waals surface area contributed by atoms with E-state index < -0.39 is 0 Å². The molecule has 0 aliphatic heterocycles. The Bertz CT molecular complexity index is 815. The van der Waals surface area contributed by atoms with Gasteiger partial charge in [-0.15, -0.1) is 5.10 Å². The minimum Gasteiger partial charge on any atom is -0.494 e. The summed E-state index contributed by atoms with van der Waals surface area (Å²) in [6.07, 6.45) is 1.95. The average molecular weight is 307 g/mol. The molecule has 0 radical (unpaired) electrons. The second-order valence-corrected chi connectivity index (χ2v) is 6.52. The van der Waals surface area contributed by atoms with Crippen LogP contribution in [-0.4, -0.2) is 22.1 Å². The van der Waals surface area contributed by atoms with Crippen molar-refractivity contribution in [2.24, 2.45) is 0 Å². The Balaban J connectivity index is 2.07. The number of hydrogen-bond acceptors (Lipinski definition) is 3. The largest absolute Gasteiger partial charge is 0.494 e. The third-order valence-corrected chi connectivity index (χ3v) is 3.84. The maximum absolute atomic E-state index is 5.40. The Labute approximate surface area is 136 Å². The number of methoxy groups -OCH3 is 1. The maximum atomic E-state index is 5.40. The highest BCUT2D eigenvalue weighted by Gasteiger charge is 2.20. The summed E-state index contributed by atoms with van der Waals surface area (Å²) in [6.45, 7) is 6.61. The van der Waals surface area contributed by atoms with Gasteiger partial charge in [-0.3, -0.25) is 0 Å². The van der Waals surface area contributed by atoms with Gasteiger partial charge in [0.1, 0.15) is 17.1 Å². The number of para-hydroxylation sites is 2. The Morgan fingerprint density at radius 1 is 0.957 bits per heavy atom. The molecule has 0 saturated heterocycles. The van der Waals surface area contributed by atoms with E-state index in [0.717, 1.165) is 22.7 Å². The molecule has 0 aliphatic rings. The van der Waals surface area contributed by atoms with Gasteiger partial charge in [-0.05, 0) is 23.1 Å². The van der Waals surface area contributed by atoms with Crippen molar-refractivity contribution in [3.05, 3.63) is 60.3 Å². The topological polar surface area (TPSA) is 39.9 Å². The molecule has 0 N–H and O–H groups in total. The van der Waals surface area contributed by atoms with Crippen LogP contribution >= 0.6 is 0 Å². The summed E-state index contributed by atoms with van der Waals surface area (Å²) in [6, 6.07) is 16.1. The van der Waals surface area contributed by atoms with E-state index in [-0.39, 0.29) is 5.41 Å². The van der Waals surface area contributed by atoms with Crippen LogP contribution in [0.3, 0.4) is 0 Å². The fourth-order valence-corrected chi connectivity index (χ4v) is 2.68. The van der Waals surface area contributed by atoms with Crippen molar-refractivity contribution in [2.45, 2.75) is 26.2 Å². The van der Waals surface area contributed by atoms with Gasteiger partial charge in [0, 0.05) is 5.56 Å². The highest BCUT2D eigenvalue weighted by atomic mass is 16.5. The molecular formula is C19H21N3O. The Morgan fingerprint density at radius 3 is 2.39 bits per heavy atom. The minimum atomic E-state index is 0.0464. The number of rotatable bonds is 3. The van der Waals surface area contributed by atoms with Crippen LogP contribution in [-0.2, 0) is 5.41 Å². The molecule has 118 valence electrons. The molecule has 0 amide bonds. The van der Waals surface area contributed by atoms with Crippen molar-refractivity contribution < 1.29 is 4.74 Å². The van der Waals surface area contributed by atoms with Crippen molar-refractivity contribution in [1.29, 1.82) is 0 Å². The lowest BCUT2D eigenvalue weighted by Crippen LogP contribution is -2.12. The monoisotopic (exact) mass is 307 g/mol. The third-order valence-electron chi connectivity index (χ3n) is 3.84. The molecule has 1 heterocycles. The minimum absolute atomic E-state index is 0.0464. The van der Waals surface area contributed by atoms with Crippen LogP contribution in [0.4, 0.5) is 0 Å². The second-order valence-electron chi connectivity index (χ2n) is 6.52. The van der Waals surface area contributed by atoms with E-state index in [1.807, 2.05) is 36.5 Å². The summed E-state index contributed by atoms with van der Waals surface area (Å²) in [5.41, 5.74) is 4.15. The lowest BCUT2D eigenvalue weighted by molar-refractivity contribution is 0.411. The second kappa shape index (κ2) is 5.88. The molecule has 3 rings (SSSR count). The standard InChI is InChI=1S/C19H21N3O/c1-19(2,3)15-10-6-5-9-14(15)16-13-22(21-20-16)17-11-7-8-12-18(17)23-4/h5-13H,1-4H3. The van der Waals surface area contributed by atoms with E-state index in [0.29, 0.717) is 0 Å². The Kier molecular flexibility index (Phi) is 3.90. The maximum Gasteiger partial charge on any atom is 0.144 e. The highest BCUT2D eigenvalue weighted by molar-refractivity contribution is 5.65. The van der Waals surface area contributed by atoms with Gasteiger partial charge in [0.25, 0.3) is 0 Å². The number of benzene rings is 2. The van der Waals surface area contributed by atoms with Crippen LogP contribution < -0.4 is 4.74 Å². The quantitative estimate of drug-likeness (QED) is 0.726. The molecule has 0 fully saturated rings. The first kappa shape index (κ1) is 15.3. The normalized spacial score (nSPS) is 11.5. The van der Waals surface area contributed by atoms with Gasteiger partial charge in [-0.1, -0.05) is 62.4 Å². The van der Waals surface area contributed by atoms with E-state index in [9.17, 15) is 0 Å². The molecular weight excluding hydrogens is 286 g/mol. The van der Waals surface area contributed by atoms with Crippen LogP contribution in [0.1, 0.15) is 26.3 Å². The summed E-state index contributed by atoms with van der Waals surface area (Å²) in [4.78, 5) is 0. The van der Waals surface area contributed by atoms with Gasteiger partial charge >= 0.3 is 0 Å². The smallest absolute Gasteiger partial charge is 0.144 e. The average Bonchev–Trinajstić information content (AvgIpc) is 3.03. The van der Waals surface area contributed by atoms with Crippen molar-refractivity contribution in [1.82, 2.24) is 15.0 Å². The predicted molar refractivity (Wildman–Crippen MR) is 92.0 cm³/mol. The third kappa shape index (κ3) is 2.97.